The van der Waals surface area contributed by atoms with Gasteiger partial charge in [0, 0.05) is 65.1 Å². The van der Waals surface area contributed by atoms with E-state index in [1.807, 2.05) is 0 Å². The Morgan fingerprint density at radius 3 is 1.21 bits per heavy atom. The highest BCUT2D eigenvalue weighted by Crippen LogP contribution is 2.10. The molecular formula is C28H51N3O8. The molecule has 0 unspecified atom stereocenters. The van der Waals surface area contributed by atoms with Crippen molar-refractivity contribution in [2.45, 2.75) is 129 Å². The zero-order valence-electron chi connectivity index (χ0n) is 24.1. The zero-order chi connectivity index (χ0) is 29.5. The Hall–Kier alpha value is -2.37. The summed E-state index contributed by atoms with van der Waals surface area (Å²) >= 11 is 0. The van der Waals surface area contributed by atoms with Crippen molar-refractivity contribution < 1.29 is 39.6 Å². The molecule has 226 valence electrons. The second kappa shape index (κ2) is 23.5. The summed E-state index contributed by atoms with van der Waals surface area (Å²) in [5.74, 6) is -1.36. The van der Waals surface area contributed by atoms with Gasteiger partial charge < -0.3 is 0 Å². The lowest BCUT2D eigenvalue weighted by molar-refractivity contribution is -0.166. The Morgan fingerprint density at radius 2 is 0.821 bits per heavy atom. The molecule has 0 rings (SSSR count). The number of amides is 3. The van der Waals surface area contributed by atoms with Gasteiger partial charge in [-0.1, -0.05) is 51.9 Å². The van der Waals surface area contributed by atoms with Crippen LogP contribution in [0.15, 0.2) is 0 Å². The summed E-state index contributed by atoms with van der Waals surface area (Å²) in [4.78, 5) is 58.8. The Labute approximate surface area is 233 Å². The van der Waals surface area contributed by atoms with Crippen LogP contribution in [0.1, 0.15) is 129 Å². The molecule has 0 aromatic rings. The number of Topliss-reactive ketones (excluding diaryl/α,β-unsaturated/α-hetero) is 2. The van der Waals surface area contributed by atoms with E-state index in [0.29, 0.717) is 55.2 Å². The molecule has 0 heterocycles. The van der Waals surface area contributed by atoms with Crippen LogP contribution in [0.2, 0.25) is 0 Å². The maximum Gasteiger partial charge on any atom is 0.246 e. The van der Waals surface area contributed by atoms with Crippen LogP contribution in [0.25, 0.3) is 0 Å². The van der Waals surface area contributed by atoms with Gasteiger partial charge >= 0.3 is 0 Å². The number of carbonyl (C=O) groups is 5. The Bertz CT molecular complexity index is 732. The van der Waals surface area contributed by atoms with Crippen molar-refractivity contribution >= 4 is 29.3 Å². The van der Waals surface area contributed by atoms with Gasteiger partial charge in [-0.25, -0.2) is 15.2 Å². The first kappa shape index (κ1) is 36.6. The van der Waals surface area contributed by atoms with Crippen LogP contribution in [0.4, 0.5) is 0 Å². The summed E-state index contributed by atoms with van der Waals surface area (Å²) in [6, 6.07) is 0. The Morgan fingerprint density at radius 1 is 0.462 bits per heavy atom. The molecule has 11 heteroatoms. The summed E-state index contributed by atoms with van der Waals surface area (Å²) in [5, 5.41) is 30.9. The van der Waals surface area contributed by atoms with E-state index in [2.05, 4.69) is 6.92 Å². The molecule has 0 aromatic heterocycles. The summed E-state index contributed by atoms with van der Waals surface area (Å²) in [7, 11) is 0. The van der Waals surface area contributed by atoms with E-state index in [-0.39, 0.29) is 50.3 Å². The maximum absolute atomic E-state index is 12.0. The first-order valence-corrected chi connectivity index (χ1v) is 14.6. The van der Waals surface area contributed by atoms with Gasteiger partial charge in [0.15, 0.2) is 0 Å². The van der Waals surface area contributed by atoms with Crippen LogP contribution in [0.5, 0.6) is 0 Å². The van der Waals surface area contributed by atoms with Gasteiger partial charge in [-0.3, -0.25) is 39.6 Å². The van der Waals surface area contributed by atoms with E-state index in [1.165, 1.54) is 6.92 Å². The monoisotopic (exact) mass is 557 g/mol. The minimum Gasteiger partial charge on any atom is -0.300 e. The largest absolute Gasteiger partial charge is 0.300 e. The smallest absolute Gasteiger partial charge is 0.246 e. The van der Waals surface area contributed by atoms with Crippen LogP contribution in [-0.4, -0.2) is 79.7 Å². The van der Waals surface area contributed by atoms with E-state index >= 15 is 0 Å². The topological polar surface area (TPSA) is 156 Å². The van der Waals surface area contributed by atoms with E-state index in [1.54, 1.807) is 0 Å². The van der Waals surface area contributed by atoms with Gasteiger partial charge in [-0.15, -0.1) is 0 Å². The molecule has 0 saturated carbocycles. The van der Waals surface area contributed by atoms with Crippen molar-refractivity contribution in [1.82, 2.24) is 15.2 Å². The molecule has 0 fully saturated rings. The predicted molar refractivity (Wildman–Crippen MR) is 145 cm³/mol. The molecule has 0 spiro atoms. The predicted octanol–water partition coefficient (Wildman–Crippen LogP) is 4.84. The molecule has 3 N–H and O–H groups in total. The normalized spacial score (nSPS) is 10.8. The van der Waals surface area contributed by atoms with Gasteiger partial charge in [0.2, 0.25) is 17.7 Å². The summed E-state index contributed by atoms with van der Waals surface area (Å²) in [5.41, 5.74) is 0. The lowest BCUT2D eigenvalue weighted by Crippen LogP contribution is -2.28. The molecule has 0 aliphatic heterocycles. The van der Waals surface area contributed by atoms with Crippen molar-refractivity contribution in [1.29, 1.82) is 0 Å². The molecule has 0 bridgehead atoms. The molecule has 39 heavy (non-hydrogen) atoms. The van der Waals surface area contributed by atoms with Gasteiger partial charge in [0.25, 0.3) is 0 Å². The molecule has 0 atom stereocenters. The highest BCUT2D eigenvalue weighted by atomic mass is 16.5. The fourth-order valence-electron chi connectivity index (χ4n) is 3.97. The number of carbonyl (C=O) groups excluding carboxylic acids is 5. The average molecular weight is 558 g/mol. The second-order valence-electron chi connectivity index (χ2n) is 10.1. The Balaban J connectivity index is 3.75. The van der Waals surface area contributed by atoms with E-state index in [9.17, 15) is 39.6 Å². The number of hydrogen-bond donors (Lipinski definition) is 3. The minimum atomic E-state index is -0.487. The fourth-order valence-corrected chi connectivity index (χ4v) is 3.97. The van der Waals surface area contributed by atoms with Crippen molar-refractivity contribution in [2.24, 2.45) is 0 Å². The van der Waals surface area contributed by atoms with Crippen molar-refractivity contribution in [3.05, 3.63) is 0 Å². The number of rotatable bonds is 25. The Kier molecular flexibility index (Phi) is 22.1. The van der Waals surface area contributed by atoms with Crippen molar-refractivity contribution in [3.8, 4) is 0 Å². The van der Waals surface area contributed by atoms with E-state index < -0.39 is 17.7 Å². The average Bonchev–Trinajstić information content (AvgIpc) is 2.91. The summed E-state index contributed by atoms with van der Waals surface area (Å²) in [6.45, 7) is 4.11. The molecule has 0 aliphatic carbocycles. The van der Waals surface area contributed by atoms with Crippen LogP contribution < -0.4 is 0 Å². The number of hydroxylamine groups is 6. The third kappa shape index (κ3) is 21.2. The van der Waals surface area contributed by atoms with Gasteiger partial charge in [0.05, 0.1) is 0 Å². The second-order valence-corrected chi connectivity index (χ2v) is 10.1. The van der Waals surface area contributed by atoms with Gasteiger partial charge in [-0.05, 0) is 32.1 Å². The maximum atomic E-state index is 12.0. The van der Waals surface area contributed by atoms with Crippen LogP contribution in [0.3, 0.4) is 0 Å². The number of nitrogens with zero attached hydrogens (tertiary/aromatic N) is 3. The van der Waals surface area contributed by atoms with Crippen molar-refractivity contribution in [3.63, 3.8) is 0 Å². The molecular weight excluding hydrogens is 506 g/mol. The lowest BCUT2D eigenvalue weighted by Gasteiger charge is -2.15. The quantitative estimate of drug-likeness (QED) is 0.0818. The number of hydrogen-bond acceptors (Lipinski definition) is 8. The number of unbranched alkanes of at least 4 members (excludes halogenated alkanes) is 9. The van der Waals surface area contributed by atoms with Crippen LogP contribution >= 0.6 is 0 Å². The standard InChI is InChI=1S/C28H51N3O8/c1-3-4-5-12-22-30(38)27(35)19-17-26(34)16-11-7-9-14-23-31(39)28(36)20-18-25(33)15-10-6-8-13-21-29(37)24(2)32/h37-39H,3-23H2,1-2H3. The summed E-state index contributed by atoms with van der Waals surface area (Å²) in [6.07, 6.45) is 10.4. The van der Waals surface area contributed by atoms with Crippen LogP contribution in [-0.2, 0) is 24.0 Å². The number of ketones is 2. The van der Waals surface area contributed by atoms with Gasteiger partial charge in [0.1, 0.15) is 11.6 Å². The van der Waals surface area contributed by atoms with E-state index in [0.717, 1.165) is 56.4 Å². The molecule has 0 aliphatic rings. The molecule has 11 nitrogen and oxygen atoms in total. The third-order valence-electron chi connectivity index (χ3n) is 6.55. The first-order valence-electron chi connectivity index (χ1n) is 14.6. The molecule has 0 saturated heterocycles. The first-order chi connectivity index (χ1) is 18.6. The third-order valence-corrected chi connectivity index (χ3v) is 6.55. The summed E-state index contributed by atoms with van der Waals surface area (Å²) < 4.78 is 0. The molecule has 3 amide bonds. The molecule has 0 radical (unpaired) electrons. The fraction of sp³-hybridized carbons (Fsp3) is 0.821. The highest BCUT2D eigenvalue weighted by Gasteiger charge is 2.14. The van der Waals surface area contributed by atoms with E-state index in [4.69, 9.17) is 0 Å². The van der Waals surface area contributed by atoms with Crippen LogP contribution in [0, 0.1) is 0 Å². The zero-order valence-corrected chi connectivity index (χ0v) is 24.1. The molecule has 0 aromatic carbocycles. The lowest BCUT2D eigenvalue weighted by atomic mass is 10.1. The van der Waals surface area contributed by atoms with Crippen molar-refractivity contribution in [2.75, 3.05) is 19.6 Å². The van der Waals surface area contributed by atoms with Gasteiger partial charge in [-0.2, -0.15) is 0 Å². The minimum absolute atomic E-state index is 0.0128. The SMILES string of the molecule is CCCCCCN(O)C(=O)CCC(=O)CCCCCCN(O)C(=O)CCC(=O)CCCCCCN(O)C(C)=O. The highest BCUT2D eigenvalue weighted by molar-refractivity contribution is 5.85.